The normalized spacial score (nSPS) is 17.7. The number of para-hydroxylation sites is 1. The minimum Gasteiger partial charge on any atom is -0.376 e. The molecular formula is C19H19FN2O4. The second-order valence-electron chi connectivity index (χ2n) is 6.28. The van der Waals surface area contributed by atoms with E-state index in [-0.39, 0.29) is 23.2 Å². The van der Waals surface area contributed by atoms with Crippen LogP contribution in [-0.2, 0) is 4.74 Å². The largest absolute Gasteiger partial charge is 0.376 e. The number of rotatable bonds is 5. The van der Waals surface area contributed by atoms with Gasteiger partial charge >= 0.3 is 0 Å². The lowest BCUT2D eigenvalue weighted by Gasteiger charge is -2.25. The molecule has 2 aromatic rings. The average molecular weight is 358 g/mol. The van der Waals surface area contributed by atoms with E-state index in [1.807, 2.05) is 0 Å². The van der Waals surface area contributed by atoms with Gasteiger partial charge in [0.1, 0.15) is 11.4 Å². The molecule has 1 fully saturated rings. The highest BCUT2D eigenvalue weighted by molar-refractivity contribution is 5.98. The predicted molar refractivity (Wildman–Crippen MR) is 93.4 cm³/mol. The van der Waals surface area contributed by atoms with Gasteiger partial charge in [-0.05, 0) is 43.5 Å². The Morgan fingerprint density at radius 3 is 2.65 bits per heavy atom. The van der Waals surface area contributed by atoms with E-state index >= 15 is 0 Å². The number of carbonyl (C=O) groups excluding carboxylic acids is 1. The molecule has 1 amide bonds. The number of carbonyl (C=O) groups is 1. The van der Waals surface area contributed by atoms with Crippen LogP contribution >= 0.6 is 0 Å². The minimum absolute atomic E-state index is 0.000101. The Balaban J connectivity index is 1.92. The van der Waals surface area contributed by atoms with Gasteiger partial charge in [-0.3, -0.25) is 14.9 Å². The van der Waals surface area contributed by atoms with Crippen molar-refractivity contribution in [2.24, 2.45) is 0 Å². The highest BCUT2D eigenvalue weighted by Gasteiger charge is 2.31. The number of halogens is 1. The molecule has 1 N–H and O–H groups in total. The zero-order valence-electron chi connectivity index (χ0n) is 14.3. The summed E-state index contributed by atoms with van der Waals surface area (Å²) in [6, 6.07) is 9.93. The molecule has 136 valence electrons. The second-order valence-corrected chi connectivity index (χ2v) is 6.28. The average Bonchev–Trinajstić information content (AvgIpc) is 3.14. The summed E-state index contributed by atoms with van der Waals surface area (Å²) in [4.78, 5) is 23.6. The molecule has 1 aliphatic rings. The maximum atomic E-state index is 13.2. The lowest BCUT2D eigenvalue weighted by Crippen LogP contribution is -2.36. The van der Waals surface area contributed by atoms with E-state index in [0.29, 0.717) is 17.7 Å². The standard InChI is InChI=1S/C19H19FN2O4/c1-12-4-2-5-15(18(12)22(24)25)19(23)21-17(16-6-3-11-26-16)13-7-9-14(20)10-8-13/h2,4-5,7-10,16-17H,3,6,11H2,1H3,(H,21,23). The Kier molecular flexibility index (Phi) is 5.27. The van der Waals surface area contributed by atoms with Crippen LogP contribution in [0, 0.1) is 22.9 Å². The van der Waals surface area contributed by atoms with Crippen molar-refractivity contribution in [1.29, 1.82) is 0 Å². The van der Waals surface area contributed by atoms with Crippen LogP contribution in [-0.4, -0.2) is 23.5 Å². The van der Waals surface area contributed by atoms with Gasteiger partial charge in [-0.15, -0.1) is 0 Å². The van der Waals surface area contributed by atoms with Crippen molar-refractivity contribution in [1.82, 2.24) is 5.32 Å². The van der Waals surface area contributed by atoms with Crippen LogP contribution in [0.5, 0.6) is 0 Å². The van der Waals surface area contributed by atoms with Crippen molar-refractivity contribution in [3.63, 3.8) is 0 Å². The molecule has 0 aliphatic carbocycles. The first-order valence-corrected chi connectivity index (χ1v) is 8.39. The van der Waals surface area contributed by atoms with Gasteiger partial charge in [0.25, 0.3) is 11.6 Å². The summed E-state index contributed by atoms with van der Waals surface area (Å²) < 4.78 is 18.9. The summed E-state index contributed by atoms with van der Waals surface area (Å²) in [5, 5.41) is 14.2. The maximum Gasteiger partial charge on any atom is 0.285 e. The summed E-state index contributed by atoms with van der Waals surface area (Å²) in [7, 11) is 0. The lowest BCUT2D eigenvalue weighted by atomic mass is 9.98. The molecule has 2 atom stereocenters. The number of hydrogen-bond donors (Lipinski definition) is 1. The van der Waals surface area contributed by atoms with Crippen LogP contribution in [0.3, 0.4) is 0 Å². The predicted octanol–water partition coefficient (Wildman–Crippen LogP) is 3.69. The SMILES string of the molecule is Cc1cccc(C(=O)NC(c2ccc(F)cc2)C2CCCO2)c1[N+](=O)[O-]. The Morgan fingerprint density at radius 2 is 2.04 bits per heavy atom. The molecule has 26 heavy (non-hydrogen) atoms. The molecule has 6 nitrogen and oxygen atoms in total. The minimum atomic E-state index is -0.552. The summed E-state index contributed by atoms with van der Waals surface area (Å²) >= 11 is 0. The lowest BCUT2D eigenvalue weighted by molar-refractivity contribution is -0.385. The summed E-state index contributed by atoms with van der Waals surface area (Å²) in [6.07, 6.45) is 1.36. The van der Waals surface area contributed by atoms with Crippen molar-refractivity contribution in [3.8, 4) is 0 Å². The Hall–Kier alpha value is -2.80. The number of benzene rings is 2. The molecule has 2 aromatic carbocycles. The summed E-state index contributed by atoms with van der Waals surface area (Å²) in [5.74, 6) is -0.925. The molecule has 0 saturated carbocycles. The monoisotopic (exact) mass is 358 g/mol. The van der Waals surface area contributed by atoms with Crippen LogP contribution in [0.4, 0.5) is 10.1 Å². The van der Waals surface area contributed by atoms with Gasteiger partial charge in [0.15, 0.2) is 0 Å². The van der Waals surface area contributed by atoms with E-state index in [2.05, 4.69) is 5.32 Å². The Morgan fingerprint density at radius 1 is 1.31 bits per heavy atom. The Labute approximate surface area is 150 Å². The van der Waals surface area contributed by atoms with Crippen molar-refractivity contribution >= 4 is 11.6 Å². The molecule has 7 heteroatoms. The van der Waals surface area contributed by atoms with Crippen molar-refractivity contribution in [2.45, 2.75) is 31.9 Å². The topological polar surface area (TPSA) is 81.5 Å². The number of aryl methyl sites for hydroxylation is 1. The van der Waals surface area contributed by atoms with Gasteiger partial charge in [-0.1, -0.05) is 24.3 Å². The molecule has 2 unspecified atom stereocenters. The fourth-order valence-corrected chi connectivity index (χ4v) is 3.23. The number of ether oxygens (including phenoxy) is 1. The third-order valence-corrected chi connectivity index (χ3v) is 4.52. The number of nitrogens with one attached hydrogen (secondary N) is 1. The van der Waals surface area contributed by atoms with Crippen LogP contribution in [0.1, 0.15) is 40.4 Å². The molecule has 3 rings (SSSR count). The zero-order valence-corrected chi connectivity index (χ0v) is 14.3. The first-order valence-electron chi connectivity index (χ1n) is 8.39. The number of hydrogen-bond acceptors (Lipinski definition) is 4. The molecule has 0 spiro atoms. The second kappa shape index (κ2) is 7.61. The fourth-order valence-electron chi connectivity index (χ4n) is 3.23. The van der Waals surface area contributed by atoms with Crippen molar-refractivity contribution in [3.05, 3.63) is 75.1 Å². The van der Waals surface area contributed by atoms with E-state index in [9.17, 15) is 19.3 Å². The molecule has 1 heterocycles. The van der Waals surface area contributed by atoms with Crippen LogP contribution < -0.4 is 5.32 Å². The third kappa shape index (κ3) is 3.72. The van der Waals surface area contributed by atoms with Gasteiger partial charge < -0.3 is 10.1 Å². The molecule has 0 aromatic heterocycles. The fraction of sp³-hybridized carbons (Fsp3) is 0.316. The summed E-state index contributed by atoms with van der Waals surface area (Å²) in [6.45, 7) is 2.18. The third-order valence-electron chi connectivity index (χ3n) is 4.52. The van der Waals surface area contributed by atoms with E-state index in [1.165, 1.54) is 18.2 Å². The van der Waals surface area contributed by atoms with Crippen molar-refractivity contribution < 1.29 is 18.8 Å². The highest BCUT2D eigenvalue weighted by Crippen LogP contribution is 2.29. The van der Waals surface area contributed by atoms with Gasteiger partial charge in [0.2, 0.25) is 0 Å². The van der Waals surface area contributed by atoms with Crippen LogP contribution in [0.25, 0.3) is 0 Å². The number of nitro groups is 1. The zero-order chi connectivity index (χ0) is 18.7. The molecule has 1 aliphatic heterocycles. The quantitative estimate of drug-likeness (QED) is 0.653. The van der Waals surface area contributed by atoms with E-state index in [4.69, 9.17) is 4.74 Å². The van der Waals surface area contributed by atoms with Crippen molar-refractivity contribution in [2.75, 3.05) is 6.61 Å². The van der Waals surface area contributed by atoms with Gasteiger partial charge in [-0.2, -0.15) is 0 Å². The van der Waals surface area contributed by atoms with Crippen LogP contribution in [0.2, 0.25) is 0 Å². The van der Waals surface area contributed by atoms with E-state index in [0.717, 1.165) is 12.8 Å². The molecule has 1 saturated heterocycles. The van der Waals surface area contributed by atoms with E-state index < -0.39 is 16.9 Å². The first-order chi connectivity index (χ1) is 12.5. The summed E-state index contributed by atoms with van der Waals surface area (Å²) in [5.41, 5.74) is 0.898. The Bertz CT molecular complexity index is 817. The number of nitrogens with zero attached hydrogens (tertiary/aromatic N) is 1. The maximum absolute atomic E-state index is 13.2. The number of nitro benzene ring substituents is 1. The number of amides is 1. The van der Waals surface area contributed by atoms with Crippen LogP contribution in [0.15, 0.2) is 42.5 Å². The smallest absolute Gasteiger partial charge is 0.285 e. The first kappa shape index (κ1) is 18.0. The van der Waals surface area contributed by atoms with Gasteiger partial charge in [-0.25, -0.2) is 4.39 Å². The van der Waals surface area contributed by atoms with Gasteiger partial charge in [0.05, 0.1) is 17.1 Å². The molecule has 0 radical (unpaired) electrons. The molecule has 0 bridgehead atoms. The highest BCUT2D eigenvalue weighted by atomic mass is 19.1. The van der Waals surface area contributed by atoms with E-state index in [1.54, 1.807) is 31.2 Å². The van der Waals surface area contributed by atoms with Gasteiger partial charge in [0, 0.05) is 12.2 Å². The molecular weight excluding hydrogens is 339 g/mol.